The molecule has 39 heavy (non-hydrogen) atoms. The molecule has 1 N–H and O–H groups in total. The number of carbonyl (C=O) groups is 1. The highest BCUT2D eigenvalue weighted by atomic mass is 32.1. The van der Waals surface area contributed by atoms with Crippen molar-refractivity contribution in [2.75, 3.05) is 0 Å². The van der Waals surface area contributed by atoms with Gasteiger partial charge < -0.3 is 9.84 Å². The second-order valence-electron chi connectivity index (χ2n) is 9.08. The zero-order valence-electron chi connectivity index (χ0n) is 20.4. The first-order valence-electron chi connectivity index (χ1n) is 12.1. The zero-order valence-corrected chi connectivity index (χ0v) is 21.2. The van der Waals surface area contributed by atoms with Crippen molar-refractivity contribution in [2.45, 2.75) is 25.6 Å². The van der Waals surface area contributed by atoms with Crippen molar-refractivity contribution in [1.29, 1.82) is 0 Å². The lowest BCUT2D eigenvalue weighted by Crippen LogP contribution is -2.17. The smallest absolute Gasteiger partial charge is 0.478 e. The number of ether oxygens (including phenoxy) is 1. The summed E-state index contributed by atoms with van der Waals surface area (Å²) >= 11 is 1.52. The minimum atomic E-state index is -4.86. The van der Waals surface area contributed by atoms with Crippen LogP contribution in [-0.2, 0) is 4.79 Å². The highest BCUT2D eigenvalue weighted by molar-refractivity contribution is 7.16. The molecule has 0 spiro atoms. The second-order valence-corrected chi connectivity index (χ2v) is 9.97. The lowest BCUT2D eigenvalue weighted by Gasteiger charge is -2.32. The van der Waals surface area contributed by atoms with Crippen molar-refractivity contribution in [3.05, 3.63) is 106 Å². The van der Waals surface area contributed by atoms with Crippen molar-refractivity contribution in [3.8, 4) is 5.75 Å². The molecule has 1 saturated carbocycles. The van der Waals surface area contributed by atoms with E-state index in [0.717, 1.165) is 63.9 Å². The number of fused-ring (bicyclic) bond motifs is 1. The third-order valence-electron chi connectivity index (χ3n) is 6.63. The van der Waals surface area contributed by atoms with E-state index in [1.54, 1.807) is 5.51 Å². The number of hydrogen-bond donors (Lipinski definition) is 1. The number of halogens is 3. The van der Waals surface area contributed by atoms with E-state index in [1.807, 2.05) is 42.5 Å². The predicted octanol–water partition coefficient (Wildman–Crippen LogP) is 8.60. The normalized spacial score (nSPS) is 14.6. The summed E-state index contributed by atoms with van der Waals surface area (Å²) in [5.74, 6) is -1.38. The Morgan fingerprint density at radius 3 is 2.46 bits per heavy atom. The van der Waals surface area contributed by atoms with Gasteiger partial charge >= 0.3 is 12.3 Å². The van der Waals surface area contributed by atoms with Gasteiger partial charge in [0.2, 0.25) is 0 Å². The Hall–Kier alpha value is -4.42. The maximum absolute atomic E-state index is 12.9. The van der Waals surface area contributed by atoms with E-state index in [1.165, 1.54) is 29.5 Å². The molecular weight excluding hydrogens is 525 g/mol. The van der Waals surface area contributed by atoms with Gasteiger partial charge in [0.15, 0.2) is 5.69 Å². The molecule has 196 valence electrons. The summed E-state index contributed by atoms with van der Waals surface area (Å²) in [6.07, 6.45) is 0.478. The van der Waals surface area contributed by atoms with Crippen LogP contribution in [0.1, 0.15) is 41.5 Å². The maximum atomic E-state index is 12.9. The number of aromatic nitrogens is 1. The van der Waals surface area contributed by atoms with Gasteiger partial charge in [-0.3, -0.25) is 0 Å². The highest BCUT2D eigenvalue weighted by Crippen LogP contribution is 2.48. The van der Waals surface area contributed by atoms with Crippen LogP contribution in [0.2, 0.25) is 0 Å². The van der Waals surface area contributed by atoms with Gasteiger partial charge in [0, 0.05) is 6.08 Å². The summed E-state index contributed by atoms with van der Waals surface area (Å²) in [6.45, 7) is 7.77. The number of carboxylic acids is 1. The molecule has 0 unspecified atom stereocenters. The molecule has 1 aromatic heterocycles. The van der Waals surface area contributed by atoms with E-state index in [0.29, 0.717) is 11.1 Å². The Balaban J connectivity index is 1.74. The summed E-state index contributed by atoms with van der Waals surface area (Å²) < 4.78 is 43.7. The number of carboxylic acid groups (broad SMARTS) is 1. The Morgan fingerprint density at radius 2 is 1.82 bits per heavy atom. The van der Waals surface area contributed by atoms with Gasteiger partial charge in [-0.15, -0.1) is 24.5 Å². The number of alkyl halides is 3. The van der Waals surface area contributed by atoms with Crippen LogP contribution in [0.25, 0.3) is 32.3 Å². The van der Waals surface area contributed by atoms with Crippen molar-refractivity contribution in [1.82, 2.24) is 4.98 Å². The average molecular weight is 547 g/mol. The van der Waals surface area contributed by atoms with Crippen LogP contribution in [0.5, 0.6) is 5.75 Å². The summed E-state index contributed by atoms with van der Waals surface area (Å²) in [5.41, 5.74) is 7.39. The summed E-state index contributed by atoms with van der Waals surface area (Å²) in [6, 6.07) is 17.3. The summed E-state index contributed by atoms with van der Waals surface area (Å²) in [7, 11) is 0. The third-order valence-corrected chi connectivity index (χ3v) is 7.44. The largest absolute Gasteiger partial charge is 0.573 e. The molecule has 1 fully saturated rings. The van der Waals surface area contributed by atoms with Crippen molar-refractivity contribution in [2.24, 2.45) is 5.92 Å². The SMILES string of the molecule is [C-]#[N+]c1cc(OC(F)(F)F)ccc1/C(=C(\c1ccc(/C=C/C(=O)O)cc1)c1ccc2scnc2c1)C1CCC1. The fourth-order valence-electron chi connectivity index (χ4n) is 4.70. The van der Waals surface area contributed by atoms with Crippen LogP contribution in [0.4, 0.5) is 18.9 Å². The average Bonchev–Trinajstić information content (AvgIpc) is 3.34. The van der Waals surface area contributed by atoms with E-state index < -0.39 is 18.1 Å². The number of allylic oxidation sites excluding steroid dienone is 1. The minimum Gasteiger partial charge on any atom is -0.478 e. The second kappa shape index (κ2) is 10.8. The molecule has 0 atom stereocenters. The number of rotatable bonds is 7. The first-order chi connectivity index (χ1) is 18.7. The molecule has 5 nitrogen and oxygen atoms in total. The van der Waals surface area contributed by atoms with E-state index in [-0.39, 0.29) is 11.6 Å². The number of thiazole rings is 1. The van der Waals surface area contributed by atoms with Gasteiger partial charge in [-0.1, -0.05) is 42.8 Å². The van der Waals surface area contributed by atoms with Crippen molar-refractivity contribution >= 4 is 50.4 Å². The number of benzene rings is 3. The van der Waals surface area contributed by atoms with Crippen LogP contribution in [0.3, 0.4) is 0 Å². The van der Waals surface area contributed by atoms with Gasteiger partial charge in [-0.25, -0.2) is 14.6 Å². The lowest BCUT2D eigenvalue weighted by atomic mass is 9.72. The first kappa shape index (κ1) is 26.2. The van der Waals surface area contributed by atoms with Crippen molar-refractivity contribution in [3.63, 3.8) is 0 Å². The number of aliphatic carboxylic acids is 1. The molecule has 0 amide bonds. The summed E-state index contributed by atoms with van der Waals surface area (Å²) in [4.78, 5) is 19.0. The molecule has 1 heterocycles. The Labute approximate surface area is 226 Å². The standard InChI is InChI=1S/C30H21F3N2O3S/c1-34-24-16-22(38-30(31,32)33)11-12-23(24)29(19-3-2-4-19)28(21-10-13-26-25(15-21)35-17-39-26)20-8-5-18(6-9-20)7-14-27(36)37/h5-17,19H,2-4H2,(H,36,37)/b14-7+,29-28+. The Bertz CT molecular complexity index is 1640. The van der Waals surface area contributed by atoms with E-state index in [9.17, 15) is 18.0 Å². The molecule has 4 aromatic rings. The molecule has 3 aromatic carbocycles. The van der Waals surface area contributed by atoms with E-state index >= 15 is 0 Å². The van der Waals surface area contributed by atoms with Gasteiger partial charge in [0.05, 0.1) is 22.3 Å². The van der Waals surface area contributed by atoms with Crippen molar-refractivity contribution < 1.29 is 27.8 Å². The minimum absolute atomic E-state index is 0.0758. The monoisotopic (exact) mass is 546 g/mol. The van der Waals surface area contributed by atoms with Gasteiger partial charge in [0.25, 0.3) is 0 Å². The molecule has 0 radical (unpaired) electrons. The molecule has 0 bridgehead atoms. The molecule has 0 aliphatic heterocycles. The number of nitrogens with zero attached hydrogens (tertiary/aromatic N) is 2. The number of hydrogen-bond acceptors (Lipinski definition) is 4. The topological polar surface area (TPSA) is 63.8 Å². The maximum Gasteiger partial charge on any atom is 0.573 e. The molecule has 5 rings (SSSR count). The lowest BCUT2D eigenvalue weighted by molar-refractivity contribution is -0.274. The highest BCUT2D eigenvalue weighted by Gasteiger charge is 2.32. The van der Waals surface area contributed by atoms with E-state index in [4.69, 9.17) is 11.7 Å². The van der Waals surface area contributed by atoms with Crippen LogP contribution in [0.15, 0.2) is 72.3 Å². The molecule has 1 aliphatic carbocycles. The van der Waals surface area contributed by atoms with Gasteiger partial charge in [0.1, 0.15) is 5.75 Å². The van der Waals surface area contributed by atoms with E-state index in [2.05, 4.69) is 14.6 Å². The fourth-order valence-corrected chi connectivity index (χ4v) is 5.36. The third kappa shape index (κ3) is 5.86. The van der Waals surface area contributed by atoms with Crippen LogP contribution < -0.4 is 4.74 Å². The van der Waals surface area contributed by atoms with Gasteiger partial charge in [-0.2, -0.15) is 0 Å². The quantitative estimate of drug-likeness (QED) is 0.143. The predicted molar refractivity (Wildman–Crippen MR) is 145 cm³/mol. The summed E-state index contributed by atoms with van der Waals surface area (Å²) in [5, 5.41) is 8.96. The Kier molecular flexibility index (Phi) is 7.22. The molecule has 0 saturated heterocycles. The molecule has 9 heteroatoms. The van der Waals surface area contributed by atoms with Crippen LogP contribution in [-0.4, -0.2) is 22.4 Å². The fraction of sp³-hybridized carbons (Fsp3) is 0.167. The van der Waals surface area contributed by atoms with Crippen LogP contribution in [0, 0.1) is 12.5 Å². The molecule has 1 aliphatic rings. The zero-order chi connectivity index (χ0) is 27.6. The Morgan fingerprint density at radius 1 is 1.08 bits per heavy atom. The molecular formula is C30H21F3N2O3S. The first-order valence-corrected chi connectivity index (χ1v) is 13.0. The van der Waals surface area contributed by atoms with Crippen LogP contribution >= 0.6 is 11.3 Å². The van der Waals surface area contributed by atoms with Gasteiger partial charge in [-0.05, 0) is 82.5 Å².